The predicted molar refractivity (Wildman–Crippen MR) is 60.6 cm³/mol. The highest BCUT2D eigenvalue weighted by Crippen LogP contribution is 2.24. The standard InChI is InChI=1S/C9H9BrClN3/c1-5(2)14-8-7(13-9(14)11)3-6(10)4-12-8/h3-5H,1-2H3. The fourth-order valence-corrected chi connectivity index (χ4v) is 2.07. The van der Waals surface area contributed by atoms with E-state index in [0.29, 0.717) is 5.28 Å². The quantitative estimate of drug-likeness (QED) is 0.797. The van der Waals surface area contributed by atoms with Crippen molar-refractivity contribution in [1.82, 2.24) is 14.5 Å². The van der Waals surface area contributed by atoms with E-state index in [1.54, 1.807) is 6.20 Å². The van der Waals surface area contributed by atoms with Crippen LogP contribution in [0.2, 0.25) is 5.28 Å². The Hall–Kier alpha value is -0.610. The van der Waals surface area contributed by atoms with Gasteiger partial charge in [0, 0.05) is 16.7 Å². The zero-order valence-corrected chi connectivity index (χ0v) is 10.2. The third-order valence-electron chi connectivity index (χ3n) is 1.97. The molecule has 2 aromatic rings. The molecule has 0 atom stereocenters. The van der Waals surface area contributed by atoms with E-state index in [9.17, 15) is 0 Å². The molecular weight excluding hydrogens is 265 g/mol. The molecule has 0 N–H and O–H groups in total. The van der Waals surface area contributed by atoms with Crippen LogP contribution in [0.15, 0.2) is 16.7 Å². The molecule has 0 aliphatic carbocycles. The van der Waals surface area contributed by atoms with Crippen molar-refractivity contribution >= 4 is 38.7 Å². The Morgan fingerprint density at radius 1 is 1.50 bits per heavy atom. The summed E-state index contributed by atoms with van der Waals surface area (Å²) in [4.78, 5) is 8.52. The van der Waals surface area contributed by atoms with Crippen molar-refractivity contribution in [1.29, 1.82) is 0 Å². The zero-order valence-electron chi connectivity index (χ0n) is 7.83. The lowest BCUT2D eigenvalue weighted by Gasteiger charge is -2.07. The minimum absolute atomic E-state index is 0.265. The summed E-state index contributed by atoms with van der Waals surface area (Å²) in [5, 5.41) is 0.487. The summed E-state index contributed by atoms with van der Waals surface area (Å²) in [6.07, 6.45) is 1.75. The summed E-state index contributed by atoms with van der Waals surface area (Å²) in [6.45, 7) is 4.10. The van der Waals surface area contributed by atoms with Crippen LogP contribution >= 0.6 is 27.5 Å². The number of nitrogens with zero attached hydrogens (tertiary/aromatic N) is 3. The summed E-state index contributed by atoms with van der Waals surface area (Å²) >= 11 is 9.36. The highest BCUT2D eigenvalue weighted by atomic mass is 79.9. The molecule has 0 saturated carbocycles. The van der Waals surface area contributed by atoms with Crippen molar-refractivity contribution in [3.8, 4) is 0 Å². The van der Waals surface area contributed by atoms with Crippen LogP contribution in [0.4, 0.5) is 0 Å². The first kappa shape index (κ1) is 9.93. The molecule has 0 amide bonds. The molecule has 0 spiro atoms. The molecule has 0 aliphatic heterocycles. The summed E-state index contributed by atoms with van der Waals surface area (Å²) in [6, 6.07) is 2.17. The van der Waals surface area contributed by atoms with E-state index in [1.165, 1.54) is 0 Å². The largest absolute Gasteiger partial charge is 0.297 e. The first-order valence-corrected chi connectivity index (χ1v) is 5.45. The van der Waals surface area contributed by atoms with Crippen molar-refractivity contribution in [3.05, 3.63) is 22.0 Å². The lowest BCUT2D eigenvalue weighted by molar-refractivity contribution is 0.614. The Kier molecular flexibility index (Phi) is 2.49. The van der Waals surface area contributed by atoms with E-state index in [0.717, 1.165) is 15.6 Å². The Morgan fingerprint density at radius 2 is 2.21 bits per heavy atom. The molecule has 14 heavy (non-hydrogen) atoms. The molecular formula is C9H9BrClN3. The van der Waals surface area contributed by atoms with E-state index in [2.05, 4.69) is 39.7 Å². The Labute approximate surface area is 95.2 Å². The van der Waals surface area contributed by atoms with E-state index in [-0.39, 0.29) is 6.04 Å². The molecule has 0 bridgehead atoms. The monoisotopic (exact) mass is 273 g/mol. The fraction of sp³-hybridized carbons (Fsp3) is 0.333. The van der Waals surface area contributed by atoms with Gasteiger partial charge in [-0.25, -0.2) is 9.97 Å². The summed E-state index contributed by atoms with van der Waals surface area (Å²) in [5.41, 5.74) is 1.64. The minimum atomic E-state index is 0.265. The second-order valence-corrected chi connectivity index (χ2v) is 4.59. The first-order valence-electron chi connectivity index (χ1n) is 4.28. The number of hydrogen-bond donors (Lipinski definition) is 0. The van der Waals surface area contributed by atoms with Crippen LogP contribution in [0.1, 0.15) is 19.9 Å². The van der Waals surface area contributed by atoms with Gasteiger partial charge in [0.25, 0.3) is 0 Å². The van der Waals surface area contributed by atoms with E-state index >= 15 is 0 Å². The van der Waals surface area contributed by atoms with Crippen molar-refractivity contribution in [2.45, 2.75) is 19.9 Å². The van der Waals surface area contributed by atoms with Gasteiger partial charge >= 0.3 is 0 Å². The second-order valence-electron chi connectivity index (χ2n) is 3.34. The molecule has 0 fully saturated rings. The van der Waals surface area contributed by atoms with Crippen molar-refractivity contribution in [3.63, 3.8) is 0 Å². The van der Waals surface area contributed by atoms with E-state index in [1.807, 2.05) is 10.6 Å². The first-order chi connectivity index (χ1) is 6.59. The molecule has 0 radical (unpaired) electrons. The summed E-state index contributed by atoms with van der Waals surface area (Å²) in [5.74, 6) is 0. The number of imidazole rings is 1. The Morgan fingerprint density at radius 3 is 2.86 bits per heavy atom. The number of aromatic nitrogens is 3. The molecule has 3 nitrogen and oxygen atoms in total. The topological polar surface area (TPSA) is 30.7 Å². The van der Waals surface area contributed by atoms with Gasteiger partial charge in [-0.05, 0) is 47.4 Å². The SMILES string of the molecule is CC(C)n1c(Cl)nc2cc(Br)cnc21. The molecule has 0 aromatic carbocycles. The number of halogens is 2. The van der Waals surface area contributed by atoms with Crippen LogP contribution in [0.3, 0.4) is 0 Å². The molecule has 0 aliphatic rings. The molecule has 5 heteroatoms. The van der Waals surface area contributed by atoms with Crippen molar-refractivity contribution in [2.75, 3.05) is 0 Å². The second kappa shape index (κ2) is 3.51. The molecule has 74 valence electrons. The van der Waals surface area contributed by atoms with Gasteiger partial charge in [0.05, 0.1) is 0 Å². The van der Waals surface area contributed by atoms with Crippen LogP contribution in [-0.4, -0.2) is 14.5 Å². The average Bonchev–Trinajstić information content (AvgIpc) is 2.39. The Bertz CT molecular complexity index is 478. The highest BCUT2D eigenvalue weighted by molar-refractivity contribution is 9.10. The lowest BCUT2D eigenvalue weighted by Crippen LogP contribution is -2.01. The van der Waals surface area contributed by atoms with Crippen molar-refractivity contribution in [2.24, 2.45) is 0 Å². The smallest absolute Gasteiger partial charge is 0.205 e. The van der Waals surface area contributed by atoms with Gasteiger partial charge in [0.2, 0.25) is 5.28 Å². The van der Waals surface area contributed by atoms with Crippen LogP contribution in [-0.2, 0) is 0 Å². The van der Waals surface area contributed by atoms with Crippen molar-refractivity contribution < 1.29 is 0 Å². The molecule has 2 heterocycles. The van der Waals surface area contributed by atoms with Gasteiger partial charge in [-0.3, -0.25) is 4.57 Å². The number of hydrogen-bond acceptors (Lipinski definition) is 2. The van der Waals surface area contributed by atoms with Gasteiger partial charge in [-0.1, -0.05) is 0 Å². The maximum atomic E-state index is 6.01. The third kappa shape index (κ3) is 1.53. The van der Waals surface area contributed by atoms with Gasteiger partial charge in [-0.2, -0.15) is 0 Å². The molecule has 2 aromatic heterocycles. The maximum Gasteiger partial charge on any atom is 0.205 e. The van der Waals surface area contributed by atoms with Gasteiger partial charge in [0.15, 0.2) is 5.65 Å². The summed E-state index contributed by atoms with van der Waals surface area (Å²) < 4.78 is 2.82. The molecule has 2 rings (SSSR count). The Balaban J connectivity index is 2.77. The highest BCUT2D eigenvalue weighted by Gasteiger charge is 2.12. The zero-order chi connectivity index (χ0) is 10.3. The normalized spacial score (nSPS) is 11.5. The van der Waals surface area contributed by atoms with E-state index in [4.69, 9.17) is 11.6 Å². The van der Waals surface area contributed by atoms with Crippen LogP contribution in [0.5, 0.6) is 0 Å². The molecule has 0 saturated heterocycles. The molecule has 0 unspecified atom stereocenters. The predicted octanol–water partition coefficient (Wildman–Crippen LogP) is 3.43. The van der Waals surface area contributed by atoms with Gasteiger partial charge in [0.1, 0.15) is 5.52 Å². The van der Waals surface area contributed by atoms with Crippen LogP contribution in [0, 0.1) is 0 Å². The average molecular weight is 275 g/mol. The third-order valence-corrected chi connectivity index (χ3v) is 2.67. The summed E-state index contributed by atoms with van der Waals surface area (Å²) in [7, 11) is 0. The number of fused-ring (bicyclic) bond motifs is 1. The van der Waals surface area contributed by atoms with Crippen LogP contribution < -0.4 is 0 Å². The van der Waals surface area contributed by atoms with Gasteiger partial charge < -0.3 is 0 Å². The maximum absolute atomic E-state index is 6.01. The number of rotatable bonds is 1. The number of pyridine rings is 1. The van der Waals surface area contributed by atoms with E-state index < -0.39 is 0 Å². The fourth-order valence-electron chi connectivity index (χ4n) is 1.39. The minimum Gasteiger partial charge on any atom is -0.297 e. The van der Waals surface area contributed by atoms with Crippen LogP contribution in [0.25, 0.3) is 11.2 Å². The lowest BCUT2D eigenvalue weighted by atomic mass is 10.4. The van der Waals surface area contributed by atoms with Gasteiger partial charge in [-0.15, -0.1) is 0 Å².